The maximum Gasteiger partial charge on any atom is 0.137 e. The fourth-order valence-electron chi connectivity index (χ4n) is 2.43. The van der Waals surface area contributed by atoms with Crippen molar-refractivity contribution >= 4 is 17.4 Å². The lowest BCUT2D eigenvalue weighted by Gasteiger charge is -2.15. The first kappa shape index (κ1) is 13.2. The van der Waals surface area contributed by atoms with Crippen LogP contribution in [0.15, 0.2) is 30.6 Å². The number of nitrogens with zero attached hydrogens (tertiary/aromatic N) is 2. The number of hydrogen-bond acceptors (Lipinski definition) is 4. The zero-order chi connectivity index (χ0) is 13.9. The summed E-state index contributed by atoms with van der Waals surface area (Å²) in [5.41, 5.74) is 2.13. The van der Waals surface area contributed by atoms with Gasteiger partial charge in [-0.05, 0) is 12.5 Å². The van der Waals surface area contributed by atoms with Crippen LogP contribution in [0.4, 0.5) is 5.82 Å². The van der Waals surface area contributed by atoms with Gasteiger partial charge in [0.2, 0.25) is 0 Å². The van der Waals surface area contributed by atoms with Crippen molar-refractivity contribution in [2.75, 3.05) is 11.9 Å². The maximum atomic E-state index is 6.17. The highest BCUT2D eigenvalue weighted by molar-refractivity contribution is 6.30. The number of fused-ring (bicyclic) bond motifs is 1. The molecule has 0 saturated carbocycles. The van der Waals surface area contributed by atoms with Gasteiger partial charge in [0.05, 0.1) is 6.04 Å². The smallest absolute Gasteiger partial charge is 0.137 e. The van der Waals surface area contributed by atoms with Crippen molar-refractivity contribution in [2.24, 2.45) is 0 Å². The first-order valence-corrected chi connectivity index (χ1v) is 7.15. The molecule has 2 heterocycles. The van der Waals surface area contributed by atoms with Gasteiger partial charge in [0.25, 0.3) is 0 Å². The van der Waals surface area contributed by atoms with Gasteiger partial charge >= 0.3 is 0 Å². The third-order valence-electron chi connectivity index (χ3n) is 3.40. The molecular weight excluding hydrogens is 274 g/mol. The number of nitrogens with one attached hydrogen (secondary N) is 1. The highest BCUT2D eigenvalue weighted by atomic mass is 35.5. The Hall–Kier alpha value is -1.81. The van der Waals surface area contributed by atoms with E-state index in [0.29, 0.717) is 11.8 Å². The predicted octanol–water partition coefficient (Wildman–Crippen LogP) is 3.63. The van der Waals surface area contributed by atoms with Gasteiger partial charge in [-0.2, -0.15) is 0 Å². The lowest BCUT2D eigenvalue weighted by atomic mass is 10.1. The Balaban J connectivity index is 1.88. The summed E-state index contributed by atoms with van der Waals surface area (Å²) < 4.78 is 5.67. The van der Waals surface area contributed by atoms with Crippen molar-refractivity contribution in [3.8, 4) is 5.75 Å². The molecule has 1 atom stereocenters. The van der Waals surface area contributed by atoms with Crippen LogP contribution in [0.1, 0.15) is 30.5 Å². The van der Waals surface area contributed by atoms with Crippen LogP contribution in [0.25, 0.3) is 0 Å². The number of anilines is 1. The van der Waals surface area contributed by atoms with Crippen molar-refractivity contribution in [3.63, 3.8) is 0 Å². The van der Waals surface area contributed by atoms with Crippen LogP contribution in [0, 0.1) is 0 Å². The third-order valence-corrected chi connectivity index (χ3v) is 3.73. The number of para-hydroxylation sites is 1. The monoisotopic (exact) mass is 289 g/mol. The lowest BCUT2D eigenvalue weighted by molar-refractivity contribution is 0.339. The molecule has 104 valence electrons. The number of rotatable bonds is 4. The quantitative estimate of drug-likeness (QED) is 0.873. The Morgan fingerprint density at radius 1 is 1.35 bits per heavy atom. The summed E-state index contributed by atoms with van der Waals surface area (Å²) in [6.45, 7) is 2.72. The van der Waals surface area contributed by atoms with E-state index >= 15 is 0 Å². The van der Waals surface area contributed by atoms with Crippen LogP contribution in [0.3, 0.4) is 0 Å². The summed E-state index contributed by atoms with van der Waals surface area (Å²) in [4.78, 5) is 8.39. The summed E-state index contributed by atoms with van der Waals surface area (Å²) in [5.74, 6) is 1.74. The van der Waals surface area contributed by atoms with Gasteiger partial charge in [0.1, 0.15) is 29.7 Å². The van der Waals surface area contributed by atoms with E-state index in [1.807, 2.05) is 18.2 Å². The van der Waals surface area contributed by atoms with Gasteiger partial charge in [-0.15, -0.1) is 0 Å². The number of benzene rings is 1. The Bertz CT molecular complexity index is 618. The molecule has 1 aliphatic heterocycles. The van der Waals surface area contributed by atoms with Gasteiger partial charge in [-0.25, -0.2) is 9.97 Å². The number of halogens is 1. The standard InChI is InChI=1S/C15H16ClN3O/c1-2-5-11-14(16)17-9-18-15(11)19-12-8-20-13-7-4-3-6-10(12)13/h3-4,6-7,9,12H,2,5,8H2,1H3,(H,17,18,19). The minimum atomic E-state index is 0.104. The molecule has 0 bridgehead atoms. The van der Waals surface area contributed by atoms with E-state index in [-0.39, 0.29) is 6.04 Å². The van der Waals surface area contributed by atoms with Crippen LogP contribution >= 0.6 is 11.6 Å². The molecule has 5 heteroatoms. The molecule has 1 unspecified atom stereocenters. The summed E-state index contributed by atoms with van der Waals surface area (Å²) in [6.07, 6.45) is 3.35. The van der Waals surface area contributed by atoms with E-state index in [1.54, 1.807) is 0 Å². The molecule has 1 aliphatic rings. The number of aromatic nitrogens is 2. The second-order valence-electron chi connectivity index (χ2n) is 4.79. The molecule has 2 aromatic rings. The average molecular weight is 290 g/mol. The van der Waals surface area contributed by atoms with E-state index in [2.05, 4.69) is 28.3 Å². The number of ether oxygens (including phenoxy) is 1. The molecular formula is C15H16ClN3O. The number of hydrogen-bond donors (Lipinski definition) is 1. The van der Waals surface area contributed by atoms with Gasteiger partial charge in [0, 0.05) is 11.1 Å². The first-order valence-electron chi connectivity index (χ1n) is 6.77. The highest BCUT2D eigenvalue weighted by Crippen LogP contribution is 2.35. The Morgan fingerprint density at radius 2 is 2.20 bits per heavy atom. The lowest BCUT2D eigenvalue weighted by Crippen LogP contribution is -2.15. The largest absolute Gasteiger partial charge is 0.491 e. The summed E-state index contributed by atoms with van der Waals surface area (Å²) in [7, 11) is 0. The minimum absolute atomic E-state index is 0.104. The molecule has 1 aromatic carbocycles. The molecule has 4 nitrogen and oxygen atoms in total. The van der Waals surface area contributed by atoms with Gasteiger partial charge in [-0.3, -0.25) is 0 Å². The summed E-state index contributed by atoms with van der Waals surface area (Å²) >= 11 is 6.17. The van der Waals surface area contributed by atoms with E-state index < -0.39 is 0 Å². The molecule has 0 aliphatic carbocycles. The second-order valence-corrected chi connectivity index (χ2v) is 5.15. The Morgan fingerprint density at radius 3 is 3.05 bits per heavy atom. The molecule has 20 heavy (non-hydrogen) atoms. The highest BCUT2D eigenvalue weighted by Gasteiger charge is 2.24. The summed E-state index contributed by atoms with van der Waals surface area (Å²) in [6, 6.07) is 8.15. The zero-order valence-electron chi connectivity index (χ0n) is 11.3. The second kappa shape index (κ2) is 5.67. The van der Waals surface area contributed by atoms with Crippen LogP contribution < -0.4 is 10.1 Å². The van der Waals surface area contributed by atoms with Crippen molar-refractivity contribution in [1.29, 1.82) is 0 Å². The molecule has 3 rings (SSSR count). The molecule has 0 fully saturated rings. The van der Waals surface area contributed by atoms with Gasteiger partial charge in [-0.1, -0.05) is 43.1 Å². The fraction of sp³-hybridized carbons (Fsp3) is 0.333. The van der Waals surface area contributed by atoms with E-state index in [0.717, 1.165) is 35.5 Å². The van der Waals surface area contributed by atoms with Crippen molar-refractivity contribution in [3.05, 3.63) is 46.9 Å². The topological polar surface area (TPSA) is 47.0 Å². The molecule has 1 N–H and O–H groups in total. The fourth-order valence-corrected chi connectivity index (χ4v) is 2.66. The van der Waals surface area contributed by atoms with Crippen molar-refractivity contribution in [2.45, 2.75) is 25.8 Å². The van der Waals surface area contributed by atoms with Crippen molar-refractivity contribution < 1.29 is 4.74 Å². The molecule has 1 aromatic heterocycles. The zero-order valence-corrected chi connectivity index (χ0v) is 12.0. The predicted molar refractivity (Wildman–Crippen MR) is 79.3 cm³/mol. The Kier molecular flexibility index (Phi) is 3.74. The normalized spacial score (nSPS) is 16.6. The van der Waals surface area contributed by atoms with E-state index in [4.69, 9.17) is 16.3 Å². The van der Waals surface area contributed by atoms with Crippen molar-refractivity contribution in [1.82, 2.24) is 9.97 Å². The van der Waals surface area contributed by atoms with E-state index in [9.17, 15) is 0 Å². The van der Waals surface area contributed by atoms with Crippen LogP contribution in [-0.2, 0) is 6.42 Å². The van der Waals surface area contributed by atoms with Crippen LogP contribution in [-0.4, -0.2) is 16.6 Å². The Labute approximate surface area is 123 Å². The minimum Gasteiger partial charge on any atom is -0.491 e. The third kappa shape index (κ3) is 2.43. The summed E-state index contributed by atoms with van der Waals surface area (Å²) in [5, 5.41) is 3.96. The molecule has 0 radical (unpaired) electrons. The molecule has 0 amide bonds. The van der Waals surface area contributed by atoms with Gasteiger partial charge < -0.3 is 10.1 Å². The maximum absolute atomic E-state index is 6.17. The first-order chi connectivity index (χ1) is 9.79. The SMILES string of the molecule is CCCc1c(Cl)ncnc1NC1COc2ccccc21. The molecule has 0 spiro atoms. The average Bonchev–Trinajstić information content (AvgIpc) is 2.86. The molecule has 0 saturated heterocycles. The van der Waals surface area contributed by atoms with Crippen LogP contribution in [0.2, 0.25) is 5.15 Å². The van der Waals surface area contributed by atoms with Crippen LogP contribution in [0.5, 0.6) is 5.75 Å². The van der Waals surface area contributed by atoms with Gasteiger partial charge in [0.15, 0.2) is 0 Å². The van der Waals surface area contributed by atoms with E-state index in [1.165, 1.54) is 6.33 Å².